The largest absolute Gasteiger partial charge is 0.463 e. The van der Waals surface area contributed by atoms with Gasteiger partial charge in [-0.2, -0.15) is 0 Å². The first-order valence-corrected chi connectivity index (χ1v) is 7.44. The molecule has 0 bridgehead atoms. The summed E-state index contributed by atoms with van der Waals surface area (Å²) in [6, 6.07) is 20.4. The number of benzene rings is 2. The van der Waals surface area contributed by atoms with Crippen molar-refractivity contribution in [3.8, 4) is 5.75 Å². The Labute approximate surface area is 126 Å². The Hall–Kier alpha value is -2.22. The van der Waals surface area contributed by atoms with E-state index in [9.17, 15) is 0 Å². The van der Waals surface area contributed by atoms with Crippen LogP contribution in [-0.4, -0.2) is 6.29 Å². The van der Waals surface area contributed by atoms with Gasteiger partial charge < -0.3 is 9.47 Å². The summed E-state index contributed by atoms with van der Waals surface area (Å²) in [5.41, 5.74) is 2.66. The van der Waals surface area contributed by atoms with E-state index in [4.69, 9.17) is 9.47 Å². The number of para-hydroxylation sites is 1. The second-order valence-electron chi connectivity index (χ2n) is 5.36. The van der Waals surface area contributed by atoms with Crippen LogP contribution < -0.4 is 4.74 Å². The van der Waals surface area contributed by atoms with Gasteiger partial charge in [0.25, 0.3) is 0 Å². The molecule has 0 aromatic heterocycles. The zero-order valence-electron chi connectivity index (χ0n) is 12.2. The Kier molecular flexibility index (Phi) is 4.25. The Morgan fingerprint density at radius 1 is 1.00 bits per heavy atom. The number of hydrogen-bond acceptors (Lipinski definition) is 2. The van der Waals surface area contributed by atoms with Crippen LogP contribution in [-0.2, 0) is 4.74 Å². The van der Waals surface area contributed by atoms with Gasteiger partial charge in [0.2, 0.25) is 6.29 Å². The molecule has 2 aromatic carbocycles. The van der Waals surface area contributed by atoms with E-state index in [1.165, 1.54) is 11.1 Å². The van der Waals surface area contributed by atoms with Crippen molar-refractivity contribution >= 4 is 0 Å². The van der Waals surface area contributed by atoms with E-state index in [1.54, 1.807) is 0 Å². The Bertz CT molecular complexity index is 589. The van der Waals surface area contributed by atoms with Crippen LogP contribution in [0.1, 0.15) is 31.2 Å². The fraction of sp³-hybridized carbons (Fsp3) is 0.263. The third kappa shape index (κ3) is 3.46. The van der Waals surface area contributed by atoms with E-state index < -0.39 is 0 Å². The van der Waals surface area contributed by atoms with Gasteiger partial charge in [-0.1, -0.05) is 55.5 Å². The first kappa shape index (κ1) is 13.7. The average Bonchev–Trinajstić information content (AvgIpc) is 2.57. The van der Waals surface area contributed by atoms with Crippen LogP contribution in [0, 0.1) is 0 Å². The summed E-state index contributed by atoms with van der Waals surface area (Å²) >= 11 is 0. The molecular formula is C19H20O2. The van der Waals surface area contributed by atoms with E-state index in [0.717, 1.165) is 18.6 Å². The van der Waals surface area contributed by atoms with E-state index in [2.05, 4.69) is 31.2 Å². The van der Waals surface area contributed by atoms with Gasteiger partial charge in [0.15, 0.2) is 0 Å². The second-order valence-corrected chi connectivity index (χ2v) is 5.36. The molecular weight excluding hydrogens is 260 g/mol. The highest BCUT2D eigenvalue weighted by atomic mass is 16.7. The molecule has 21 heavy (non-hydrogen) atoms. The number of rotatable bonds is 4. The van der Waals surface area contributed by atoms with Crippen molar-refractivity contribution in [2.24, 2.45) is 0 Å². The lowest BCUT2D eigenvalue weighted by molar-refractivity contribution is -0.0446. The quantitative estimate of drug-likeness (QED) is 0.794. The second kappa shape index (κ2) is 6.49. The predicted molar refractivity (Wildman–Crippen MR) is 84.1 cm³/mol. The summed E-state index contributed by atoms with van der Waals surface area (Å²) in [6.45, 7) is 2.23. The van der Waals surface area contributed by atoms with Crippen LogP contribution >= 0.6 is 0 Å². The van der Waals surface area contributed by atoms with Crippen molar-refractivity contribution in [2.45, 2.75) is 32.0 Å². The fourth-order valence-electron chi connectivity index (χ4n) is 2.59. The first-order chi connectivity index (χ1) is 10.3. The van der Waals surface area contributed by atoms with Crippen molar-refractivity contribution in [1.29, 1.82) is 0 Å². The van der Waals surface area contributed by atoms with Gasteiger partial charge in [-0.3, -0.25) is 0 Å². The Morgan fingerprint density at radius 3 is 2.29 bits per heavy atom. The third-order valence-electron chi connectivity index (χ3n) is 3.91. The average molecular weight is 280 g/mol. The topological polar surface area (TPSA) is 18.5 Å². The molecule has 0 fully saturated rings. The van der Waals surface area contributed by atoms with Crippen molar-refractivity contribution in [1.82, 2.24) is 0 Å². The third-order valence-corrected chi connectivity index (χ3v) is 3.91. The summed E-state index contributed by atoms with van der Waals surface area (Å²) in [5, 5.41) is 0. The summed E-state index contributed by atoms with van der Waals surface area (Å²) in [6.07, 6.45) is 3.60. The van der Waals surface area contributed by atoms with Gasteiger partial charge >= 0.3 is 0 Å². The van der Waals surface area contributed by atoms with Crippen molar-refractivity contribution in [3.05, 3.63) is 78.1 Å². The molecule has 2 nitrogen and oxygen atoms in total. The molecule has 0 saturated carbocycles. The van der Waals surface area contributed by atoms with Gasteiger partial charge in [-0.15, -0.1) is 0 Å². The van der Waals surface area contributed by atoms with Gasteiger partial charge in [0.05, 0.1) is 6.26 Å². The molecule has 0 spiro atoms. The molecule has 1 aliphatic heterocycles. The molecule has 1 heterocycles. The summed E-state index contributed by atoms with van der Waals surface area (Å²) in [5.74, 6) is 1.25. The minimum absolute atomic E-state index is 0.181. The molecule has 0 aliphatic carbocycles. The Balaban J connectivity index is 1.62. The summed E-state index contributed by atoms with van der Waals surface area (Å²) in [7, 11) is 0. The minimum Gasteiger partial charge on any atom is -0.463 e. The van der Waals surface area contributed by atoms with E-state index in [1.807, 2.05) is 42.7 Å². The van der Waals surface area contributed by atoms with Crippen LogP contribution in [0.2, 0.25) is 0 Å². The maximum Gasteiger partial charge on any atom is 0.240 e. The lowest BCUT2D eigenvalue weighted by Crippen LogP contribution is -2.22. The molecule has 0 N–H and O–H groups in total. The Morgan fingerprint density at radius 2 is 1.67 bits per heavy atom. The molecule has 2 heteroatoms. The molecule has 3 rings (SSSR count). The van der Waals surface area contributed by atoms with Crippen molar-refractivity contribution < 1.29 is 9.47 Å². The highest BCUT2D eigenvalue weighted by Crippen LogP contribution is 2.31. The number of hydrogen-bond donors (Lipinski definition) is 0. The first-order valence-electron chi connectivity index (χ1n) is 7.44. The van der Waals surface area contributed by atoms with Crippen LogP contribution in [0.25, 0.3) is 0 Å². The molecule has 2 aromatic rings. The maximum absolute atomic E-state index is 5.82. The van der Waals surface area contributed by atoms with Crippen LogP contribution in [0.3, 0.4) is 0 Å². The molecule has 0 radical (unpaired) electrons. The fourth-order valence-corrected chi connectivity index (χ4v) is 2.59. The smallest absolute Gasteiger partial charge is 0.240 e. The predicted octanol–water partition coefficient (Wildman–Crippen LogP) is 4.89. The van der Waals surface area contributed by atoms with Crippen LogP contribution in [0.15, 0.2) is 72.5 Å². The van der Waals surface area contributed by atoms with Crippen LogP contribution in [0.5, 0.6) is 5.75 Å². The summed E-state index contributed by atoms with van der Waals surface area (Å²) < 4.78 is 11.6. The highest BCUT2D eigenvalue weighted by molar-refractivity contribution is 5.28. The van der Waals surface area contributed by atoms with Gasteiger partial charge in [-0.05, 0) is 29.7 Å². The van der Waals surface area contributed by atoms with E-state index in [-0.39, 0.29) is 6.29 Å². The zero-order chi connectivity index (χ0) is 14.5. The number of allylic oxidation sites excluding steroid dienone is 1. The maximum atomic E-state index is 5.82. The molecule has 2 unspecified atom stereocenters. The lowest BCUT2D eigenvalue weighted by atomic mass is 9.90. The van der Waals surface area contributed by atoms with Crippen LogP contribution in [0.4, 0.5) is 0 Å². The standard InChI is InChI=1S/C19H20O2/c1-15(16-8-4-2-5-9-16)17-12-13-19(20-14-17)21-18-10-6-3-7-11-18/h2-11,14-15,19H,12-13H2,1H3. The normalized spacial score (nSPS) is 19.3. The van der Waals surface area contributed by atoms with Gasteiger partial charge in [0.1, 0.15) is 5.75 Å². The molecule has 0 amide bonds. The van der Waals surface area contributed by atoms with E-state index >= 15 is 0 Å². The van der Waals surface area contributed by atoms with Crippen molar-refractivity contribution in [2.75, 3.05) is 0 Å². The monoisotopic (exact) mass is 280 g/mol. The lowest BCUT2D eigenvalue weighted by Gasteiger charge is -2.26. The molecule has 2 atom stereocenters. The minimum atomic E-state index is -0.181. The van der Waals surface area contributed by atoms with Crippen molar-refractivity contribution in [3.63, 3.8) is 0 Å². The van der Waals surface area contributed by atoms with Gasteiger partial charge in [0, 0.05) is 12.3 Å². The highest BCUT2D eigenvalue weighted by Gasteiger charge is 2.21. The molecule has 1 aliphatic rings. The number of ether oxygens (including phenoxy) is 2. The van der Waals surface area contributed by atoms with Gasteiger partial charge in [-0.25, -0.2) is 0 Å². The van der Waals surface area contributed by atoms with E-state index in [0.29, 0.717) is 5.92 Å². The zero-order valence-corrected chi connectivity index (χ0v) is 12.2. The summed E-state index contributed by atoms with van der Waals surface area (Å²) in [4.78, 5) is 0. The molecule has 108 valence electrons. The SMILES string of the molecule is CC(C1=COC(Oc2ccccc2)CC1)c1ccccc1. The molecule has 0 saturated heterocycles.